The Labute approximate surface area is 127 Å². The Morgan fingerprint density at radius 3 is 2.52 bits per heavy atom. The molecule has 0 aromatic heterocycles. The fraction of sp³-hybridized carbons (Fsp3) is 0.0714. The van der Waals surface area contributed by atoms with Gasteiger partial charge in [-0.15, -0.1) is 0 Å². The van der Waals surface area contributed by atoms with Gasteiger partial charge in [0.1, 0.15) is 10.6 Å². The van der Waals surface area contributed by atoms with Gasteiger partial charge in [-0.1, -0.05) is 17.7 Å². The number of halogens is 1. The van der Waals surface area contributed by atoms with Crippen LogP contribution >= 0.6 is 11.6 Å². The van der Waals surface area contributed by atoms with Crippen molar-refractivity contribution in [1.29, 1.82) is 5.26 Å². The first-order valence-corrected chi connectivity index (χ1v) is 7.71. The average Bonchev–Trinajstić information content (AvgIpc) is 2.42. The number of phenols is 1. The number of sulfonamides is 1. The molecule has 2 N–H and O–H groups in total. The molecule has 0 bridgehead atoms. The molecule has 0 heterocycles. The highest BCUT2D eigenvalue weighted by Gasteiger charge is 2.18. The van der Waals surface area contributed by atoms with Gasteiger partial charge in [-0.3, -0.25) is 4.72 Å². The summed E-state index contributed by atoms with van der Waals surface area (Å²) in [6, 6.07) is 10.2. The number of benzene rings is 2. The van der Waals surface area contributed by atoms with E-state index in [1.165, 1.54) is 30.3 Å². The summed E-state index contributed by atoms with van der Waals surface area (Å²) in [6.45, 7) is 1.70. The summed E-state index contributed by atoms with van der Waals surface area (Å²) >= 11 is 5.90. The van der Waals surface area contributed by atoms with Gasteiger partial charge in [-0.2, -0.15) is 5.26 Å². The molecule has 0 aliphatic rings. The molecule has 0 saturated heterocycles. The lowest BCUT2D eigenvalue weighted by Crippen LogP contribution is -2.13. The lowest BCUT2D eigenvalue weighted by Gasteiger charge is -2.10. The zero-order chi connectivity index (χ0) is 15.6. The summed E-state index contributed by atoms with van der Waals surface area (Å²) in [5.41, 5.74) is 1.12. The SMILES string of the molecule is Cc1ccc(NS(=O)(=O)c2ccc(C#N)cc2Cl)cc1O. The number of nitrogens with zero attached hydrogens (tertiary/aromatic N) is 1. The second-order valence-electron chi connectivity index (χ2n) is 4.36. The standard InChI is InChI=1S/C14H11ClN2O3S/c1-9-2-4-11(7-13(9)18)17-21(19,20)14-5-3-10(8-16)6-12(14)15/h2-7,17-18H,1H3. The van der Waals surface area contributed by atoms with Crippen LogP contribution in [-0.4, -0.2) is 13.5 Å². The van der Waals surface area contributed by atoms with E-state index in [2.05, 4.69) is 4.72 Å². The first-order valence-electron chi connectivity index (χ1n) is 5.85. The Kier molecular flexibility index (Phi) is 4.07. The van der Waals surface area contributed by atoms with Gasteiger partial charge in [-0.25, -0.2) is 8.42 Å². The van der Waals surface area contributed by atoms with E-state index in [0.717, 1.165) is 0 Å². The van der Waals surface area contributed by atoms with Gasteiger partial charge >= 0.3 is 0 Å². The molecular weight excluding hydrogens is 312 g/mol. The summed E-state index contributed by atoms with van der Waals surface area (Å²) < 4.78 is 26.8. The van der Waals surface area contributed by atoms with E-state index >= 15 is 0 Å². The second-order valence-corrected chi connectivity index (χ2v) is 6.42. The summed E-state index contributed by atoms with van der Waals surface area (Å²) in [5, 5.41) is 18.3. The zero-order valence-electron chi connectivity index (χ0n) is 11.0. The van der Waals surface area contributed by atoms with Crippen LogP contribution in [0.15, 0.2) is 41.3 Å². The smallest absolute Gasteiger partial charge is 0.263 e. The third-order valence-electron chi connectivity index (χ3n) is 2.81. The molecule has 0 amide bonds. The third kappa shape index (κ3) is 3.27. The number of phenolic OH excluding ortho intramolecular Hbond substituents is 1. The van der Waals surface area contributed by atoms with Crippen LogP contribution in [0.4, 0.5) is 5.69 Å². The van der Waals surface area contributed by atoms with Crippen LogP contribution in [-0.2, 0) is 10.0 Å². The Balaban J connectivity index is 2.38. The van der Waals surface area contributed by atoms with Gasteiger partial charge in [0, 0.05) is 6.07 Å². The molecule has 5 nitrogen and oxygen atoms in total. The molecule has 7 heteroatoms. The molecule has 0 fully saturated rings. The lowest BCUT2D eigenvalue weighted by molar-refractivity contribution is 0.471. The van der Waals surface area contributed by atoms with Crippen LogP contribution in [0, 0.1) is 18.3 Å². The van der Waals surface area contributed by atoms with E-state index < -0.39 is 10.0 Å². The molecule has 21 heavy (non-hydrogen) atoms. The van der Waals surface area contributed by atoms with Crippen LogP contribution < -0.4 is 4.72 Å². The maximum Gasteiger partial charge on any atom is 0.263 e. The predicted molar refractivity (Wildman–Crippen MR) is 79.8 cm³/mol. The van der Waals surface area contributed by atoms with Gasteiger partial charge < -0.3 is 5.11 Å². The molecule has 0 aliphatic heterocycles. The van der Waals surface area contributed by atoms with Crippen LogP contribution in [0.3, 0.4) is 0 Å². The summed E-state index contributed by atoms with van der Waals surface area (Å²) in [4.78, 5) is -0.136. The summed E-state index contributed by atoms with van der Waals surface area (Å²) in [6.07, 6.45) is 0. The number of hydrogen-bond donors (Lipinski definition) is 2. The fourth-order valence-electron chi connectivity index (χ4n) is 1.67. The molecule has 0 unspecified atom stereocenters. The minimum atomic E-state index is -3.90. The first kappa shape index (κ1) is 15.2. The van der Waals surface area contributed by atoms with E-state index in [0.29, 0.717) is 5.56 Å². The van der Waals surface area contributed by atoms with Gasteiger partial charge in [-0.05, 0) is 36.8 Å². The Morgan fingerprint density at radius 1 is 1.24 bits per heavy atom. The fourth-order valence-corrected chi connectivity index (χ4v) is 3.27. The number of nitrogens with one attached hydrogen (secondary N) is 1. The molecule has 2 aromatic carbocycles. The molecule has 2 aromatic rings. The number of anilines is 1. The van der Waals surface area contributed by atoms with E-state index in [9.17, 15) is 13.5 Å². The molecule has 0 saturated carbocycles. The van der Waals surface area contributed by atoms with Crippen molar-refractivity contribution in [2.45, 2.75) is 11.8 Å². The monoisotopic (exact) mass is 322 g/mol. The number of aromatic hydroxyl groups is 1. The largest absolute Gasteiger partial charge is 0.508 e. The summed E-state index contributed by atoms with van der Waals surface area (Å²) in [5.74, 6) is -0.0128. The maximum atomic E-state index is 12.3. The normalized spacial score (nSPS) is 10.9. The molecule has 108 valence electrons. The Bertz CT molecular complexity index is 842. The number of aryl methyl sites for hydroxylation is 1. The summed E-state index contributed by atoms with van der Waals surface area (Å²) in [7, 11) is -3.90. The highest BCUT2D eigenvalue weighted by atomic mass is 35.5. The van der Waals surface area contributed by atoms with Gasteiger partial charge in [0.2, 0.25) is 0 Å². The Morgan fingerprint density at radius 2 is 1.95 bits per heavy atom. The van der Waals surface area contributed by atoms with Crippen molar-refractivity contribution in [3.05, 3.63) is 52.5 Å². The van der Waals surface area contributed by atoms with Gasteiger partial charge in [0.15, 0.2) is 0 Å². The van der Waals surface area contributed by atoms with Crippen LogP contribution in [0.5, 0.6) is 5.75 Å². The predicted octanol–water partition coefficient (Wildman–Crippen LogP) is 3.03. The van der Waals surface area contributed by atoms with E-state index in [4.69, 9.17) is 16.9 Å². The van der Waals surface area contributed by atoms with Crippen LogP contribution in [0.1, 0.15) is 11.1 Å². The topological polar surface area (TPSA) is 90.2 Å². The third-order valence-corrected chi connectivity index (χ3v) is 4.68. The van der Waals surface area contributed by atoms with Crippen molar-refractivity contribution in [1.82, 2.24) is 0 Å². The molecular formula is C14H11ClN2O3S. The lowest BCUT2D eigenvalue weighted by atomic mass is 10.2. The number of hydrogen-bond acceptors (Lipinski definition) is 4. The minimum absolute atomic E-state index is 0.0128. The average molecular weight is 323 g/mol. The highest BCUT2D eigenvalue weighted by molar-refractivity contribution is 7.92. The van der Waals surface area contributed by atoms with Crippen molar-refractivity contribution in [2.24, 2.45) is 0 Å². The van der Waals surface area contributed by atoms with Crippen molar-refractivity contribution in [3.8, 4) is 11.8 Å². The molecule has 0 radical (unpaired) electrons. The second kappa shape index (κ2) is 5.64. The van der Waals surface area contributed by atoms with E-state index in [1.54, 1.807) is 13.0 Å². The van der Waals surface area contributed by atoms with E-state index in [1.807, 2.05) is 6.07 Å². The number of nitriles is 1. The van der Waals surface area contributed by atoms with Crippen LogP contribution in [0.2, 0.25) is 5.02 Å². The highest BCUT2D eigenvalue weighted by Crippen LogP contribution is 2.27. The minimum Gasteiger partial charge on any atom is -0.508 e. The molecule has 0 atom stereocenters. The first-order chi connectivity index (χ1) is 9.83. The van der Waals surface area contributed by atoms with Crippen molar-refractivity contribution in [2.75, 3.05) is 4.72 Å². The Hall–Kier alpha value is -2.23. The van der Waals surface area contributed by atoms with Crippen molar-refractivity contribution in [3.63, 3.8) is 0 Å². The quantitative estimate of drug-likeness (QED) is 0.908. The van der Waals surface area contributed by atoms with Crippen LogP contribution in [0.25, 0.3) is 0 Å². The molecule has 0 aliphatic carbocycles. The van der Waals surface area contributed by atoms with Crippen molar-refractivity contribution >= 4 is 27.3 Å². The maximum absolute atomic E-state index is 12.3. The number of rotatable bonds is 3. The van der Waals surface area contributed by atoms with Crippen molar-refractivity contribution < 1.29 is 13.5 Å². The molecule has 0 spiro atoms. The molecule has 2 rings (SSSR count). The zero-order valence-corrected chi connectivity index (χ0v) is 12.5. The van der Waals surface area contributed by atoms with Gasteiger partial charge in [0.05, 0.1) is 22.3 Å². The van der Waals surface area contributed by atoms with E-state index in [-0.39, 0.29) is 26.9 Å². The van der Waals surface area contributed by atoms with Gasteiger partial charge in [0.25, 0.3) is 10.0 Å².